The third-order valence-corrected chi connectivity index (χ3v) is 5.73. The molecular formula is C25H19N3O4S. The number of nitriles is 1. The molecule has 0 aliphatic carbocycles. The van der Waals surface area contributed by atoms with Gasteiger partial charge >= 0.3 is 5.97 Å². The van der Waals surface area contributed by atoms with Gasteiger partial charge in [0.05, 0.1) is 21.8 Å². The summed E-state index contributed by atoms with van der Waals surface area (Å²) in [5, 5.41) is 12.4. The predicted molar refractivity (Wildman–Crippen MR) is 126 cm³/mol. The topological polar surface area (TPSA) is 101 Å². The zero-order valence-corrected chi connectivity index (χ0v) is 18.5. The number of nitrogens with zero attached hydrogens (tertiary/aromatic N) is 2. The predicted octanol–water partition coefficient (Wildman–Crippen LogP) is 4.70. The third-order valence-electron chi connectivity index (χ3n) is 4.66. The zero-order valence-electron chi connectivity index (χ0n) is 17.7. The Kier molecular flexibility index (Phi) is 6.62. The van der Waals surface area contributed by atoms with Crippen LogP contribution in [-0.2, 0) is 14.3 Å². The van der Waals surface area contributed by atoms with E-state index in [2.05, 4.69) is 23.3 Å². The molecule has 164 valence electrons. The number of ether oxygens (including phenoxy) is 2. The van der Waals surface area contributed by atoms with E-state index < -0.39 is 18.5 Å². The van der Waals surface area contributed by atoms with Crippen LogP contribution in [0.25, 0.3) is 20.8 Å². The molecule has 7 nitrogen and oxygen atoms in total. The first-order valence-electron chi connectivity index (χ1n) is 10.1. The highest BCUT2D eigenvalue weighted by molar-refractivity contribution is 7.21. The summed E-state index contributed by atoms with van der Waals surface area (Å²) < 4.78 is 11.4. The van der Waals surface area contributed by atoms with Crippen LogP contribution in [0.5, 0.6) is 5.75 Å². The number of rotatable bonds is 7. The van der Waals surface area contributed by atoms with Gasteiger partial charge in [-0.3, -0.25) is 4.79 Å². The highest BCUT2D eigenvalue weighted by Gasteiger charge is 2.10. The van der Waals surface area contributed by atoms with Crippen LogP contribution < -0.4 is 10.1 Å². The maximum absolute atomic E-state index is 12.1. The summed E-state index contributed by atoms with van der Waals surface area (Å²) in [6.45, 7) is 1.29. The van der Waals surface area contributed by atoms with Gasteiger partial charge in [0.15, 0.2) is 13.2 Å². The Bertz CT molecular complexity index is 1340. The van der Waals surface area contributed by atoms with Gasteiger partial charge in [0.2, 0.25) is 0 Å². The summed E-state index contributed by atoms with van der Waals surface area (Å²) in [5.74, 6) is -0.695. The number of fused-ring (bicyclic) bond motifs is 1. The summed E-state index contributed by atoms with van der Waals surface area (Å²) in [6, 6.07) is 21.8. The second-order valence-corrected chi connectivity index (χ2v) is 8.23. The molecule has 0 spiro atoms. The maximum atomic E-state index is 12.1. The molecule has 0 saturated heterocycles. The van der Waals surface area contributed by atoms with E-state index in [9.17, 15) is 9.59 Å². The molecule has 0 atom stereocenters. The van der Waals surface area contributed by atoms with Crippen molar-refractivity contribution >= 4 is 39.1 Å². The van der Waals surface area contributed by atoms with Crippen molar-refractivity contribution < 1.29 is 19.1 Å². The molecular weight excluding hydrogens is 438 g/mol. The molecule has 0 aliphatic rings. The van der Waals surface area contributed by atoms with Crippen LogP contribution >= 0.6 is 11.3 Å². The van der Waals surface area contributed by atoms with Crippen molar-refractivity contribution in [2.45, 2.75) is 6.92 Å². The van der Waals surface area contributed by atoms with Crippen LogP contribution in [0, 0.1) is 18.3 Å². The fourth-order valence-corrected chi connectivity index (χ4v) is 4.07. The van der Waals surface area contributed by atoms with Crippen LogP contribution in [-0.4, -0.2) is 30.1 Å². The SMILES string of the molecule is Cc1ccc2nc(-c3ccc(NC(=O)COC(=O)COc4ccc(C#N)cc4)cc3)sc2c1. The first-order chi connectivity index (χ1) is 16.0. The minimum absolute atomic E-state index is 0.338. The standard InChI is InChI=1S/C25H19N3O4S/c1-16-2-11-21-22(12-16)33-25(28-21)18-5-7-19(8-6-18)27-23(29)14-32-24(30)15-31-20-9-3-17(13-26)4-10-20/h2-12H,14-15H2,1H3,(H,27,29). The number of nitrogens with one attached hydrogen (secondary N) is 1. The van der Waals surface area contributed by atoms with E-state index in [0.29, 0.717) is 17.0 Å². The lowest BCUT2D eigenvalue weighted by molar-refractivity contribution is -0.149. The number of thiazole rings is 1. The summed E-state index contributed by atoms with van der Waals surface area (Å²) in [4.78, 5) is 28.6. The number of aromatic nitrogens is 1. The van der Waals surface area contributed by atoms with Crippen molar-refractivity contribution in [1.82, 2.24) is 4.98 Å². The zero-order chi connectivity index (χ0) is 23.2. The van der Waals surface area contributed by atoms with E-state index in [-0.39, 0.29) is 6.61 Å². The third kappa shape index (κ3) is 5.73. The van der Waals surface area contributed by atoms with Gasteiger partial charge in [-0.15, -0.1) is 11.3 Å². The highest BCUT2D eigenvalue weighted by Crippen LogP contribution is 2.31. The lowest BCUT2D eigenvalue weighted by Crippen LogP contribution is -2.23. The Balaban J connectivity index is 1.25. The minimum Gasteiger partial charge on any atom is -0.482 e. The van der Waals surface area contributed by atoms with Gasteiger partial charge < -0.3 is 14.8 Å². The number of carbonyl (C=O) groups is 2. The number of carbonyl (C=O) groups excluding carboxylic acids is 2. The van der Waals surface area contributed by atoms with Gasteiger partial charge in [-0.25, -0.2) is 9.78 Å². The molecule has 1 aromatic heterocycles. The molecule has 8 heteroatoms. The average molecular weight is 458 g/mol. The second-order valence-electron chi connectivity index (χ2n) is 7.20. The Morgan fingerprint density at radius 1 is 1.03 bits per heavy atom. The number of aryl methyl sites for hydroxylation is 1. The number of hydrogen-bond donors (Lipinski definition) is 1. The first kappa shape index (κ1) is 22.0. The Hall–Kier alpha value is -4.22. The summed E-state index contributed by atoms with van der Waals surface area (Å²) >= 11 is 1.62. The molecule has 4 aromatic rings. The van der Waals surface area contributed by atoms with Crippen molar-refractivity contribution in [1.29, 1.82) is 5.26 Å². The molecule has 1 heterocycles. The van der Waals surface area contributed by atoms with E-state index in [1.807, 2.05) is 30.3 Å². The van der Waals surface area contributed by atoms with Crippen molar-refractivity contribution in [3.05, 3.63) is 77.9 Å². The second kappa shape index (κ2) is 9.94. The fourth-order valence-electron chi connectivity index (χ4n) is 3.00. The number of amides is 1. The van der Waals surface area contributed by atoms with Gasteiger partial charge in [-0.1, -0.05) is 6.07 Å². The molecule has 1 amide bonds. The Morgan fingerprint density at radius 3 is 2.52 bits per heavy atom. The molecule has 0 aliphatic heterocycles. The molecule has 0 unspecified atom stereocenters. The van der Waals surface area contributed by atoms with Crippen LogP contribution in [0.1, 0.15) is 11.1 Å². The number of esters is 1. The smallest absolute Gasteiger partial charge is 0.344 e. The molecule has 0 bridgehead atoms. The van der Waals surface area contributed by atoms with Gasteiger partial charge in [0.1, 0.15) is 10.8 Å². The van der Waals surface area contributed by atoms with Crippen LogP contribution in [0.3, 0.4) is 0 Å². The van der Waals surface area contributed by atoms with E-state index in [4.69, 9.17) is 14.7 Å². The van der Waals surface area contributed by atoms with Crippen molar-refractivity contribution in [3.63, 3.8) is 0 Å². The van der Waals surface area contributed by atoms with Gasteiger partial charge in [-0.05, 0) is 73.2 Å². The van der Waals surface area contributed by atoms with Crippen molar-refractivity contribution in [3.8, 4) is 22.4 Å². The number of hydrogen-bond acceptors (Lipinski definition) is 7. The molecule has 1 N–H and O–H groups in total. The summed E-state index contributed by atoms with van der Waals surface area (Å²) in [6.07, 6.45) is 0. The molecule has 33 heavy (non-hydrogen) atoms. The Labute approximate surface area is 194 Å². The van der Waals surface area contributed by atoms with E-state index in [1.54, 1.807) is 47.7 Å². The minimum atomic E-state index is -0.670. The lowest BCUT2D eigenvalue weighted by atomic mass is 10.2. The van der Waals surface area contributed by atoms with E-state index >= 15 is 0 Å². The fraction of sp³-hybridized carbons (Fsp3) is 0.120. The molecule has 0 fully saturated rings. The quantitative estimate of drug-likeness (QED) is 0.404. The average Bonchev–Trinajstić information content (AvgIpc) is 3.25. The van der Waals surface area contributed by atoms with E-state index in [1.165, 1.54) is 5.56 Å². The molecule has 0 radical (unpaired) electrons. The van der Waals surface area contributed by atoms with Crippen LogP contribution in [0.2, 0.25) is 0 Å². The normalized spacial score (nSPS) is 10.4. The monoisotopic (exact) mass is 457 g/mol. The van der Waals surface area contributed by atoms with E-state index in [0.717, 1.165) is 20.8 Å². The number of benzene rings is 3. The summed E-state index contributed by atoms with van der Waals surface area (Å²) in [7, 11) is 0. The van der Waals surface area contributed by atoms with Crippen molar-refractivity contribution in [2.75, 3.05) is 18.5 Å². The summed E-state index contributed by atoms with van der Waals surface area (Å²) in [5.41, 5.74) is 4.19. The van der Waals surface area contributed by atoms with Crippen LogP contribution in [0.15, 0.2) is 66.7 Å². The molecule has 3 aromatic carbocycles. The largest absolute Gasteiger partial charge is 0.482 e. The lowest BCUT2D eigenvalue weighted by Gasteiger charge is -2.08. The van der Waals surface area contributed by atoms with Crippen molar-refractivity contribution in [2.24, 2.45) is 0 Å². The first-order valence-corrected chi connectivity index (χ1v) is 10.9. The Morgan fingerprint density at radius 2 is 1.79 bits per heavy atom. The number of anilines is 1. The van der Waals surface area contributed by atoms with Gasteiger partial charge in [0.25, 0.3) is 5.91 Å². The highest BCUT2D eigenvalue weighted by atomic mass is 32.1. The van der Waals surface area contributed by atoms with Gasteiger partial charge in [0, 0.05) is 11.3 Å². The maximum Gasteiger partial charge on any atom is 0.344 e. The van der Waals surface area contributed by atoms with Gasteiger partial charge in [-0.2, -0.15) is 5.26 Å². The molecule has 4 rings (SSSR count). The molecule has 0 saturated carbocycles. The van der Waals surface area contributed by atoms with Crippen LogP contribution in [0.4, 0.5) is 5.69 Å².